The summed E-state index contributed by atoms with van der Waals surface area (Å²) in [6, 6.07) is 22.0. The number of pyridine rings is 6. The first-order valence-electron chi connectivity index (χ1n) is 25.8. The molecule has 0 aliphatic rings. The minimum absolute atomic E-state index is 0.0835. The topological polar surface area (TPSA) is 231 Å². The first-order chi connectivity index (χ1) is 40.6. The number of anilines is 2. The van der Waals surface area contributed by atoms with Gasteiger partial charge in [-0.05, 0) is 132 Å². The Morgan fingerprint density at radius 3 is 1.85 bits per heavy atom. The standard InChI is InChI=1S/C21H20ClFN4O2.2C20H18ClFN4O2/c1-13-11-27(29)20(15-8-14(22)4-5-17(15)23)9-19(13)25-18-6-7-26(3)12-16(18)21(28)10-24-2;1-12-11-26(28)19(14-7-13(21)3-4-16(14)22)8-18(12)25-17-5-6-24-9-15(17)20(27)10-23-2;1-12-9-24-19(14-7-13(21)3-4-16(14)22)8-18(12)25-17-5-6-26(28)11-15(17)20(27)10-23-2/h4-9,11-12,24H,10H2,1-3H3;2*3-9,11,23,28H,10H2,1-2H3/p+1. The SMILES string of the molecule is CNCC(=O)c1c[n+](C)ccc1Nc1cc(-c2cc(Cl)ccc2F)[n+]([O-])cc1C.CNCC(=O)c1cn(O)ccc1=Nc1cc(-c2cc(Cl)ccc2F)ncc1C.CNCC(=O)c1cnccc1N=c1cc(-c2cc(Cl)ccc2F)n(O)cc1C. The van der Waals surface area contributed by atoms with Crippen LogP contribution < -0.4 is 41.3 Å². The average molecular weight is 1220 g/mol. The highest BCUT2D eigenvalue weighted by molar-refractivity contribution is 6.31. The van der Waals surface area contributed by atoms with Crippen molar-refractivity contribution in [3.63, 3.8) is 0 Å². The minimum atomic E-state index is -0.551. The second-order valence-electron chi connectivity index (χ2n) is 19.0. The zero-order valence-electron chi connectivity index (χ0n) is 46.9. The maximum Gasteiger partial charge on any atom is 0.228 e. The van der Waals surface area contributed by atoms with E-state index in [1.54, 1.807) is 76.2 Å². The average Bonchev–Trinajstić information content (AvgIpc) is 2.89. The van der Waals surface area contributed by atoms with E-state index in [4.69, 9.17) is 34.8 Å². The molecule has 0 atom stereocenters. The van der Waals surface area contributed by atoms with Gasteiger partial charge in [0.05, 0.1) is 87.4 Å². The predicted octanol–water partition coefficient (Wildman–Crippen LogP) is 10.1. The van der Waals surface area contributed by atoms with E-state index in [-0.39, 0.29) is 70.6 Å². The Morgan fingerprint density at radius 2 is 1.20 bits per heavy atom. The van der Waals surface area contributed by atoms with E-state index in [1.807, 2.05) is 20.2 Å². The molecule has 24 heteroatoms. The number of rotatable bonds is 16. The second-order valence-corrected chi connectivity index (χ2v) is 20.4. The van der Waals surface area contributed by atoms with Gasteiger partial charge in [-0.1, -0.05) is 34.8 Å². The van der Waals surface area contributed by atoms with E-state index in [2.05, 4.69) is 41.2 Å². The van der Waals surface area contributed by atoms with Crippen LogP contribution in [0, 0.1) is 43.4 Å². The molecular weight excluding hydrogens is 1160 g/mol. The number of aromatic nitrogens is 6. The van der Waals surface area contributed by atoms with Gasteiger partial charge in [-0.3, -0.25) is 24.4 Å². The van der Waals surface area contributed by atoms with Crippen LogP contribution in [0.4, 0.5) is 35.9 Å². The molecule has 85 heavy (non-hydrogen) atoms. The van der Waals surface area contributed by atoms with Crippen molar-refractivity contribution in [1.82, 2.24) is 35.4 Å². The van der Waals surface area contributed by atoms with Crippen molar-refractivity contribution in [2.45, 2.75) is 20.8 Å². The largest absolute Gasteiger partial charge is 0.618 e. The van der Waals surface area contributed by atoms with Crippen LogP contribution in [-0.4, -0.2) is 88.0 Å². The first-order valence-corrected chi connectivity index (χ1v) is 27.0. The fourth-order valence-electron chi connectivity index (χ4n) is 8.36. The Bertz CT molecular complexity index is 4140. The van der Waals surface area contributed by atoms with Crippen molar-refractivity contribution in [3.05, 3.63) is 229 Å². The Balaban J connectivity index is 0.000000183. The quantitative estimate of drug-likeness (QED) is 0.0230. The van der Waals surface area contributed by atoms with Gasteiger partial charge < -0.3 is 36.9 Å². The van der Waals surface area contributed by atoms with Gasteiger partial charge >= 0.3 is 0 Å². The van der Waals surface area contributed by atoms with E-state index < -0.39 is 17.5 Å². The maximum atomic E-state index is 14.3. The number of benzene rings is 3. The van der Waals surface area contributed by atoms with Crippen LogP contribution in [0.5, 0.6) is 0 Å². The Kier molecular flexibility index (Phi) is 21.6. The van der Waals surface area contributed by atoms with Gasteiger partial charge in [-0.25, -0.2) is 32.5 Å². The van der Waals surface area contributed by atoms with Crippen LogP contribution in [0.15, 0.2) is 157 Å². The Labute approximate surface area is 501 Å². The highest BCUT2D eigenvalue weighted by Gasteiger charge is 2.21. The van der Waals surface area contributed by atoms with Gasteiger partial charge in [-0.2, -0.15) is 9.46 Å². The Hall–Kier alpha value is -9.09. The second kappa shape index (κ2) is 28.9. The van der Waals surface area contributed by atoms with Gasteiger partial charge in [0, 0.05) is 74.9 Å². The van der Waals surface area contributed by atoms with Crippen LogP contribution >= 0.6 is 34.8 Å². The number of carbonyl (C=O) groups excluding carboxylic acids is 3. The monoisotopic (exact) mass is 1220 g/mol. The molecule has 438 valence electrons. The minimum Gasteiger partial charge on any atom is -0.618 e. The molecule has 0 unspecified atom stereocenters. The highest BCUT2D eigenvalue weighted by Crippen LogP contribution is 2.32. The lowest BCUT2D eigenvalue weighted by Crippen LogP contribution is -2.31. The van der Waals surface area contributed by atoms with Crippen molar-refractivity contribution in [2.75, 3.05) is 46.1 Å². The molecular formula is C61H57Cl3F3N12O6+. The molecule has 9 aromatic rings. The summed E-state index contributed by atoms with van der Waals surface area (Å²) in [6.07, 6.45) is 13.6. The lowest BCUT2D eigenvalue weighted by Gasteiger charge is -2.14. The molecule has 6 heterocycles. The number of halogens is 6. The summed E-state index contributed by atoms with van der Waals surface area (Å²) in [7, 11) is 6.86. The van der Waals surface area contributed by atoms with E-state index in [9.17, 15) is 43.2 Å². The van der Waals surface area contributed by atoms with Crippen LogP contribution in [0.2, 0.25) is 15.1 Å². The summed E-state index contributed by atoms with van der Waals surface area (Å²) in [6.45, 7) is 5.76. The van der Waals surface area contributed by atoms with Gasteiger partial charge in [0.15, 0.2) is 35.9 Å². The number of Topliss-reactive ketones (excluding diaryl/α,β-unsaturated/α-hetero) is 3. The molecule has 0 saturated carbocycles. The van der Waals surface area contributed by atoms with Crippen LogP contribution in [-0.2, 0) is 7.05 Å². The number of carbonyl (C=O) groups is 3. The normalized spacial score (nSPS) is 11.4. The molecule has 0 fully saturated rings. The summed E-state index contributed by atoms with van der Waals surface area (Å²) >= 11 is 17.9. The van der Waals surface area contributed by atoms with E-state index >= 15 is 0 Å². The first kappa shape index (κ1) is 63.5. The summed E-state index contributed by atoms with van der Waals surface area (Å²) in [5.41, 5.74) is 6.45. The molecule has 0 radical (unpaired) electrons. The predicted molar refractivity (Wildman–Crippen MR) is 319 cm³/mol. The molecule has 0 saturated heterocycles. The van der Waals surface area contributed by atoms with Gasteiger partial charge in [0.25, 0.3) is 0 Å². The molecule has 0 aliphatic carbocycles. The van der Waals surface area contributed by atoms with Crippen molar-refractivity contribution in [1.29, 1.82) is 0 Å². The van der Waals surface area contributed by atoms with E-state index in [0.29, 0.717) is 81.2 Å². The lowest BCUT2D eigenvalue weighted by molar-refractivity contribution is -0.671. The molecule has 6 N–H and O–H groups in total. The van der Waals surface area contributed by atoms with Gasteiger partial charge in [0.2, 0.25) is 5.69 Å². The zero-order chi connectivity index (χ0) is 61.6. The van der Waals surface area contributed by atoms with E-state index in [0.717, 1.165) is 15.0 Å². The summed E-state index contributed by atoms with van der Waals surface area (Å²) < 4.78 is 46.8. The van der Waals surface area contributed by atoms with Crippen LogP contribution in [0.1, 0.15) is 47.8 Å². The summed E-state index contributed by atoms with van der Waals surface area (Å²) in [5.74, 6) is -1.99. The van der Waals surface area contributed by atoms with Crippen molar-refractivity contribution in [3.8, 4) is 33.8 Å². The number of hydrogen-bond donors (Lipinski definition) is 6. The van der Waals surface area contributed by atoms with Crippen molar-refractivity contribution >= 4 is 74.9 Å². The van der Waals surface area contributed by atoms with E-state index in [1.165, 1.54) is 104 Å². The summed E-state index contributed by atoms with van der Waals surface area (Å²) in [4.78, 5) is 54.5. The molecule has 9 rings (SSSR count). The lowest BCUT2D eigenvalue weighted by atomic mass is 10.1. The fourth-order valence-corrected chi connectivity index (χ4v) is 8.88. The number of hydrogen-bond acceptors (Lipinski definition) is 14. The number of ketones is 3. The molecule has 0 aliphatic heterocycles. The Morgan fingerprint density at radius 1 is 0.624 bits per heavy atom. The highest BCUT2D eigenvalue weighted by atomic mass is 35.5. The number of likely N-dealkylation sites (N-methyl/N-ethyl adjacent to an activating group) is 3. The summed E-state index contributed by atoms with van der Waals surface area (Å²) in [5, 5.41) is 45.9. The van der Waals surface area contributed by atoms with Crippen LogP contribution in [0.25, 0.3) is 33.8 Å². The molecule has 0 spiro atoms. The fraction of sp³-hybridized carbons (Fsp3) is 0.164. The van der Waals surface area contributed by atoms with Crippen molar-refractivity contribution < 1.29 is 47.3 Å². The third-order valence-corrected chi connectivity index (χ3v) is 13.4. The van der Waals surface area contributed by atoms with Gasteiger partial charge in [0.1, 0.15) is 30.1 Å². The zero-order valence-corrected chi connectivity index (χ0v) is 49.1. The van der Waals surface area contributed by atoms with Gasteiger partial charge in [-0.15, -0.1) is 0 Å². The molecule has 18 nitrogen and oxygen atoms in total. The van der Waals surface area contributed by atoms with Crippen LogP contribution in [0.3, 0.4) is 0 Å². The smallest absolute Gasteiger partial charge is 0.228 e. The molecule has 0 bridgehead atoms. The number of aryl methyl sites for hydroxylation is 4. The molecule has 0 amide bonds. The molecule has 3 aromatic carbocycles. The van der Waals surface area contributed by atoms with Crippen molar-refractivity contribution in [2.24, 2.45) is 17.0 Å². The third-order valence-electron chi connectivity index (χ3n) is 12.7. The number of nitrogens with one attached hydrogen (secondary N) is 4. The number of nitrogens with zero attached hydrogens (tertiary/aromatic N) is 8. The molecule has 6 aromatic heterocycles. The third kappa shape index (κ3) is 16.2. The maximum absolute atomic E-state index is 14.3.